The first-order valence-electron chi connectivity index (χ1n) is 7.26. The van der Waals surface area contributed by atoms with Crippen LogP contribution in [0.4, 0.5) is 5.69 Å². The van der Waals surface area contributed by atoms with Gasteiger partial charge in [-0.3, -0.25) is 4.79 Å². The zero-order valence-corrected chi connectivity index (χ0v) is 12.7. The fourth-order valence-corrected chi connectivity index (χ4v) is 2.88. The Labute approximate surface area is 124 Å². The monoisotopic (exact) mass is 284 g/mol. The number of amides is 1. The number of rotatable bonds is 2. The Balaban J connectivity index is 1.84. The number of aryl methyl sites for hydroxylation is 2. The third-order valence-corrected chi connectivity index (χ3v) is 4.14. The van der Waals surface area contributed by atoms with E-state index in [1.807, 2.05) is 26.8 Å². The maximum absolute atomic E-state index is 12.5. The first kappa shape index (κ1) is 13.9. The standard InChI is InChI=1S/C17H20N2O2/c1-10-11(2)21-12(3)16(10)17(20)19-15-5-4-13-6-7-18-9-14(13)8-15/h4-5,8,18H,6-7,9H2,1-3H3,(H,19,20). The Kier molecular flexibility index (Phi) is 3.55. The molecule has 110 valence electrons. The van der Waals surface area contributed by atoms with Crippen molar-refractivity contribution in [1.29, 1.82) is 0 Å². The summed E-state index contributed by atoms with van der Waals surface area (Å²) in [4.78, 5) is 12.5. The molecule has 0 aliphatic carbocycles. The second-order valence-electron chi connectivity index (χ2n) is 5.58. The van der Waals surface area contributed by atoms with Gasteiger partial charge in [-0.15, -0.1) is 0 Å². The number of hydrogen-bond donors (Lipinski definition) is 2. The number of anilines is 1. The van der Waals surface area contributed by atoms with E-state index in [0.717, 1.165) is 36.5 Å². The number of fused-ring (bicyclic) bond motifs is 1. The second-order valence-corrected chi connectivity index (χ2v) is 5.58. The summed E-state index contributed by atoms with van der Waals surface area (Å²) in [5.74, 6) is 1.36. The Hall–Kier alpha value is -2.07. The van der Waals surface area contributed by atoms with Crippen LogP contribution < -0.4 is 10.6 Å². The van der Waals surface area contributed by atoms with E-state index in [1.54, 1.807) is 0 Å². The summed E-state index contributed by atoms with van der Waals surface area (Å²) in [6.45, 7) is 7.50. The van der Waals surface area contributed by atoms with Gasteiger partial charge in [-0.25, -0.2) is 0 Å². The largest absolute Gasteiger partial charge is 0.466 e. The molecule has 2 N–H and O–H groups in total. The van der Waals surface area contributed by atoms with Crippen molar-refractivity contribution in [2.45, 2.75) is 33.7 Å². The molecule has 0 bridgehead atoms. The van der Waals surface area contributed by atoms with Crippen molar-refractivity contribution in [3.05, 3.63) is 52.0 Å². The van der Waals surface area contributed by atoms with Crippen LogP contribution in [0.3, 0.4) is 0 Å². The van der Waals surface area contributed by atoms with E-state index in [9.17, 15) is 4.79 Å². The molecule has 0 atom stereocenters. The summed E-state index contributed by atoms with van der Waals surface area (Å²) < 4.78 is 5.52. The molecule has 0 spiro atoms. The highest BCUT2D eigenvalue weighted by molar-refractivity contribution is 6.06. The van der Waals surface area contributed by atoms with Gasteiger partial charge >= 0.3 is 0 Å². The second kappa shape index (κ2) is 5.37. The molecule has 1 aliphatic rings. The van der Waals surface area contributed by atoms with Gasteiger partial charge in [0.05, 0.1) is 5.56 Å². The molecule has 1 amide bonds. The molecule has 1 aliphatic heterocycles. The van der Waals surface area contributed by atoms with Crippen molar-refractivity contribution in [1.82, 2.24) is 5.32 Å². The minimum Gasteiger partial charge on any atom is -0.466 e. The van der Waals surface area contributed by atoms with E-state index in [1.165, 1.54) is 11.1 Å². The number of nitrogens with one attached hydrogen (secondary N) is 2. The third kappa shape index (κ3) is 2.59. The fourth-order valence-electron chi connectivity index (χ4n) is 2.88. The third-order valence-electron chi connectivity index (χ3n) is 4.14. The van der Waals surface area contributed by atoms with Gasteiger partial charge in [0.15, 0.2) is 0 Å². The van der Waals surface area contributed by atoms with Gasteiger partial charge in [0, 0.05) is 17.8 Å². The van der Waals surface area contributed by atoms with Crippen molar-refractivity contribution in [2.75, 3.05) is 11.9 Å². The lowest BCUT2D eigenvalue weighted by molar-refractivity contribution is 0.102. The maximum atomic E-state index is 12.5. The average molecular weight is 284 g/mol. The van der Waals surface area contributed by atoms with Crippen molar-refractivity contribution in [3.63, 3.8) is 0 Å². The van der Waals surface area contributed by atoms with Gasteiger partial charge in [0.2, 0.25) is 0 Å². The van der Waals surface area contributed by atoms with E-state index < -0.39 is 0 Å². The summed E-state index contributed by atoms with van der Waals surface area (Å²) in [7, 11) is 0. The van der Waals surface area contributed by atoms with Gasteiger partial charge < -0.3 is 15.1 Å². The molecule has 0 saturated heterocycles. The molecular weight excluding hydrogens is 264 g/mol. The lowest BCUT2D eigenvalue weighted by atomic mass is 10.0. The Morgan fingerprint density at radius 2 is 2.00 bits per heavy atom. The lowest BCUT2D eigenvalue weighted by Crippen LogP contribution is -2.23. The molecule has 4 heteroatoms. The summed E-state index contributed by atoms with van der Waals surface area (Å²) in [6, 6.07) is 6.13. The minimum atomic E-state index is -0.106. The van der Waals surface area contributed by atoms with E-state index in [-0.39, 0.29) is 5.91 Å². The average Bonchev–Trinajstić information content (AvgIpc) is 2.72. The zero-order chi connectivity index (χ0) is 15.0. The molecule has 1 aromatic heterocycles. The van der Waals surface area contributed by atoms with Gasteiger partial charge in [0.25, 0.3) is 5.91 Å². The van der Waals surface area contributed by atoms with Crippen molar-refractivity contribution in [2.24, 2.45) is 0 Å². The van der Waals surface area contributed by atoms with Crippen molar-refractivity contribution >= 4 is 11.6 Å². The molecule has 0 unspecified atom stereocenters. The molecular formula is C17H20N2O2. The smallest absolute Gasteiger partial charge is 0.259 e. The van der Waals surface area contributed by atoms with Crippen LogP contribution in [0, 0.1) is 20.8 Å². The first-order valence-corrected chi connectivity index (χ1v) is 7.26. The molecule has 0 saturated carbocycles. The summed E-state index contributed by atoms with van der Waals surface area (Å²) >= 11 is 0. The molecule has 2 aromatic rings. The lowest BCUT2D eigenvalue weighted by Gasteiger charge is -2.18. The molecule has 1 aromatic carbocycles. The van der Waals surface area contributed by atoms with Gasteiger partial charge in [-0.1, -0.05) is 6.07 Å². The van der Waals surface area contributed by atoms with Gasteiger partial charge in [-0.05, 0) is 57.0 Å². The Morgan fingerprint density at radius 1 is 1.19 bits per heavy atom. The van der Waals surface area contributed by atoms with Crippen LogP contribution in [0.5, 0.6) is 0 Å². The van der Waals surface area contributed by atoms with Crippen molar-refractivity contribution in [3.8, 4) is 0 Å². The molecule has 4 nitrogen and oxygen atoms in total. The van der Waals surface area contributed by atoms with Crippen LogP contribution in [0.25, 0.3) is 0 Å². The maximum Gasteiger partial charge on any atom is 0.259 e. The molecule has 21 heavy (non-hydrogen) atoms. The fraction of sp³-hybridized carbons (Fsp3) is 0.353. The van der Waals surface area contributed by atoms with Crippen molar-refractivity contribution < 1.29 is 9.21 Å². The topological polar surface area (TPSA) is 54.3 Å². The van der Waals surface area contributed by atoms with Crippen LogP contribution in [0.2, 0.25) is 0 Å². The highest BCUT2D eigenvalue weighted by atomic mass is 16.3. The number of carbonyl (C=O) groups is 1. The Bertz CT molecular complexity index is 701. The molecule has 3 rings (SSSR count). The van der Waals surface area contributed by atoms with E-state index in [0.29, 0.717) is 11.3 Å². The van der Waals surface area contributed by atoms with Crippen LogP contribution in [0.15, 0.2) is 22.6 Å². The summed E-state index contributed by atoms with van der Waals surface area (Å²) in [5, 5.41) is 6.32. The highest BCUT2D eigenvalue weighted by Crippen LogP contribution is 2.23. The summed E-state index contributed by atoms with van der Waals surface area (Å²) in [5.41, 5.74) is 5.00. The normalized spacial score (nSPS) is 13.9. The van der Waals surface area contributed by atoms with E-state index in [4.69, 9.17) is 4.42 Å². The van der Waals surface area contributed by atoms with Gasteiger partial charge in [0.1, 0.15) is 11.5 Å². The SMILES string of the molecule is Cc1oc(C)c(C(=O)Nc2ccc3c(c2)CNCC3)c1C. The highest BCUT2D eigenvalue weighted by Gasteiger charge is 2.19. The predicted molar refractivity (Wildman–Crippen MR) is 82.7 cm³/mol. The van der Waals surface area contributed by atoms with Gasteiger partial charge in [-0.2, -0.15) is 0 Å². The van der Waals surface area contributed by atoms with E-state index >= 15 is 0 Å². The number of carbonyl (C=O) groups excluding carboxylic acids is 1. The molecule has 0 fully saturated rings. The quantitative estimate of drug-likeness (QED) is 0.891. The summed E-state index contributed by atoms with van der Waals surface area (Å²) in [6.07, 6.45) is 1.04. The zero-order valence-electron chi connectivity index (χ0n) is 12.7. The van der Waals surface area contributed by atoms with Crippen LogP contribution in [-0.4, -0.2) is 12.5 Å². The van der Waals surface area contributed by atoms with Crippen LogP contribution >= 0.6 is 0 Å². The number of furan rings is 1. The number of benzene rings is 1. The molecule has 0 radical (unpaired) electrons. The van der Waals surface area contributed by atoms with Crippen LogP contribution in [0.1, 0.15) is 38.6 Å². The van der Waals surface area contributed by atoms with Crippen LogP contribution in [-0.2, 0) is 13.0 Å². The van der Waals surface area contributed by atoms with E-state index in [2.05, 4.69) is 22.8 Å². The molecule has 2 heterocycles. The predicted octanol–water partition coefficient (Wildman–Crippen LogP) is 3.10. The first-order chi connectivity index (χ1) is 10.1. The number of hydrogen-bond acceptors (Lipinski definition) is 3. The minimum absolute atomic E-state index is 0.106. The Morgan fingerprint density at radius 3 is 2.71 bits per heavy atom.